The van der Waals surface area contributed by atoms with E-state index in [4.69, 9.17) is 52.8 Å². The zero-order valence-electron chi connectivity index (χ0n) is 45.3. The van der Waals surface area contributed by atoms with Gasteiger partial charge in [-0.1, -0.05) is 12.8 Å². The van der Waals surface area contributed by atoms with Crippen LogP contribution in [0.2, 0.25) is 10.6 Å². The lowest BCUT2D eigenvalue weighted by Crippen LogP contribution is -2.62. The van der Waals surface area contributed by atoms with Gasteiger partial charge in [0.1, 0.15) is 0 Å². The van der Waals surface area contributed by atoms with Crippen molar-refractivity contribution < 1.29 is 9.68 Å². The van der Waals surface area contributed by atoms with Crippen LogP contribution < -0.4 is 31.1 Å². The van der Waals surface area contributed by atoms with E-state index in [0.717, 1.165) is 90.1 Å². The van der Waals surface area contributed by atoms with Gasteiger partial charge in [-0.15, -0.1) is 0 Å². The molecule has 4 fully saturated rings. The molecule has 0 atom stereocenters. The monoisotopic (exact) mass is 989 g/mol. The molecule has 0 amide bonds. The van der Waals surface area contributed by atoms with E-state index >= 15 is 0 Å². The van der Waals surface area contributed by atoms with Crippen molar-refractivity contribution >= 4 is 47.0 Å². The van der Waals surface area contributed by atoms with Gasteiger partial charge in [0.15, 0.2) is 0 Å². The number of anilines is 4. The van der Waals surface area contributed by atoms with E-state index in [2.05, 4.69) is 162 Å². The van der Waals surface area contributed by atoms with Crippen molar-refractivity contribution in [2.75, 3.05) is 47.7 Å². The van der Waals surface area contributed by atoms with E-state index in [1.165, 1.54) is 0 Å². The third kappa shape index (κ3) is 13.7. The summed E-state index contributed by atoms with van der Waals surface area (Å²) in [6, 6.07) is 0.664. The Bertz CT molecular complexity index is 1820. The van der Waals surface area contributed by atoms with Crippen LogP contribution in [0.5, 0.6) is 0 Å². The van der Waals surface area contributed by atoms with E-state index in [-0.39, 0.29) is 79.0 Å². The summed E-state index contributed by atoms with van der Waals surface area (Å²) in [5.74, 6) is 2.30. The zero-order chi connectivity index (χ0) is 50.5. The molecule has 68 heavy (non-hydrogen) atoms. The van der Waals surface area contributed by atoms with Crippen LogP contribution in [-0.2, 0) is 9.68 Å². The van der Waals surface area contributed by atoms with Gasteiger partial charge in [0, 0.05) is 81.6 Å². The van der Waals surface area contributed by atoms with Gasteiger partial charge in [-0.25, -0.2) is 0 Å². The average molecular weight is 990 g/mol. The van der Waals surface area contributed by atoms with Crippen LogP contribution >= 0.6 is 23.2 Å². The van der Waals surface area contributed by atoms with E-state index < -0.39 is 0 Å². The maximum Gasteiger partial charge on any atom is 0.231 e. The normalized spacial score (nSPS) is 24.9. The van der Waals surface area contributed by atoms with Crippen LogP contribution in [-0.4, -0.2) is 136 Å². The molecule has 2 aromatic rings. The average Bonchev–Trinajstić information content (AvgIpc) is 3.11. The second kappa shape index (κ2) is 20.2. The van der Waals surface area contributed by atoms with Gasteiger partial charge in [-0.2, -0.15) is 40.0 Å². The van der Waals surface area contributed by atoms with Crippen LogP contribution in [0, 0.1) is 0 Å². The van der Waals surface area contributed by atoms with E-state index in [1.54, 1.807) is 14.2 Å². The number of nitrogens with zero attached hydrogens (tertiary/aromatic N) is 10. The highest BCUT2D eigenvalue weighted by molar-refractivity contribution is 6.28. The Hall–Kier alpha value is -2.44. The van der Waals surface area contributed by atoms with Gasteiger partial charge in [0.2, 0.25) is 34.4 Å². The third-order valence-corrected chi connectivity index (χ3v) is 15.0. The quantitative estimate of drug-likeness (QED) is 0.111. The Kier molecular flexibility index (Phi) is 16.3. The Morgan fingerprint density at radius 2 is 0.765 bits per heavy atom. The molecule has 6 heterocycles. The Labute approximate surface area is 420 Å². The first-order valence-electron chi connectivity index (χ1n) is 25.4. The molecule has 0 aromatic carbocycles. The van der Waals surface area contributed by atoms with Crippen LogP contribution in [0.15, 0.2) is 0 Å². The highest BCUT2D eigenvalue weighted by Gasteiger charge is 2.48. The minimum atomic E-state index is -0.194. The van der Waals surface area contributed by atoms with Crippen LogP contribution in [0.3, 0.4) is 0 Å². The van der Waals surface area contributed by atoms with Gasteiger partial charge in [0.05, 0.1) is 14.2 Å². The zero-order valence-corrected chi connectivity index (χ0v) is 46.8. The summed E-state index contributed by atoms with van der Waals surface area (Å²) in [5.41, 5.74) is -1.06. The summed E-state index contributed by atoms with van der Waals surface area (Å²) < 4.78 is 0. The minimum Gasteiger partial charge on any atom is -0.351 e. The van der Waals surface area contributed by atoms with Gasteiger partial charge < -0.3 is 40.7 Å². The molecule has 4 aliphatic rings. The maximum atomic E-state index is 6.79. The number of rotatable bonds is 17. The second-order valence-corrected chi connectivity index (χ2v) is 26.5. The van der Waals surface area contributed by atoms with Crippen LogP contribution in [0.25, 0.3) is 0 Å². The fourth-order valence-electron chi connectivity index (χ4n) is 13.9. The largest absolute Gasteiger partial charge is 0.351 e. The molecule has 0 spiro atoms. The van der Waals surface area contributed by atoms with Gasteiger partial charge >= 0.3 is 0 Å². The number of hydroxylamine groups is 4. The fourth-order valence-corrected chi connectivity index (χ4v) is 14.2. The molecule has 0 aliphatic carbocycles. The summed E-state index contributed by atoms with van der Waals surface area (Å²) >= 11 is 13.6. The van der Waals surface area contributed by atoms with Gasteiger partial charge in [-0.05, 0) is 198 Å². The minimum absolute atomic E-state index is 0.0710. The predicted octanol–water partition coefficient (Wildman–Crippen LogP) is 9.84. The van der Waals surface area contributed by atoms with Crippen molar-refractivity contribution in [3.05, 3.63) is 10.6 Å². The lowest BCUT2D eigenvalue weighted by Gasteiger charge is -2.53. The topological polar surface area (TPSA) is 157 Å². The smallest absolute Gasteiger partial charge is 0.231 e. The lowest BCUT2D eigenvalue weighted by atomic mass is 9.79. The van der Waals surface area contributed by atoms with Crippen molar-refractivity contribution in [3.8, 4) is 0 Å². The number of unbranched alkanes of at least 4 members (excludes halogenated alkanes) is 3. The number of piperidine rings is 4. The summed E-state index contributed by atoms with van der Waals surface area (Å²) in [4.78, 5) is 45.8. The molecule has 0 unspecified atom stereocenters. The standard InChI is InChI=1S/C50H90Cl2N14O2/c1-43(2)29-35(30-44(3,4)61-43)63(41-57-37(51)55-39(59-41)53-33-25-47(9,10)65(67-17)48(11,12)26-33)23-21-19-20-22-24-64(36-31-45(5,6)62-46(7,8)32-36)42-58-38(52)56-40(60-42)54-34-27-49(13,14)66(68-18)50(15,16)28-34/h33-36,61-62H,19-32H2,1-18H3,(H,53,55,57,59)(H,54,56,58,60). The summed E-state index contributed by atoms with van der Waals surface area (Å²) in [6.07, 6.45) is 11.3. The van der Waals surface area contributed by atoms with Crippen molar-refractivity contribution in [1.29, 1.82) is 0 Å². The van der Waals surface area contributed by atoms with Crippen LogP contribution in [0.1, 0.15) is 188 Å². The van der Waals surface area contributed by atoms with Crippen molar-refractivity contribution in [1.82, 2.24) is 50.7 Å². The second-order valence-electron chi connectivity index (χ2n) is 25.9. The van der Waals surface area contributed by atoms with E-state index in [0.29, 0.717) is 23.8 Å². The summed E-state index contributed by atoms with van der Waals surface area (Å²) in [6.45, 7) is 37.7. The first-order valence-corrected chi connectivity index (χ1v) is 26.2. The molecule has 4 aliphatic heterocycles. The number of aromatic nitrogens is 6. The Balaban J connectivity index is 1.19. The van der Waals surface area contributed by atoms with Gasteiger partial charge in [-0.3, -0.25) is 0 Å². The summed E-state index contributed by atoms with van der Waals surface area (Å²) in [5, 5.41) is 19.8. The molecular formula is C50H90Cl2N14O2. The Morgan fingerprint density at radius 3 is 1.04 bits per heavy atom. The predicted molar refractivity (Wildman–Crippen MR) is 279 cm³/mol. The maximum absolute atomic E-state index is 6.79. The van der Waals surface area contributed by atoms with Crippen molar-refractivity contribution in [2.24, 2.45) is 0 Å². The molecule has 16 nitrogen and oxygen atoms in total. The summed E-state index contributed by atoms with van der Waals surface area (Å²) in [7, 11) is 3.52. The SMILES string of the molecule is CON1C(C)(C)CC(Nc2nc(Cl)nc(N(CCCCCCN(c3nc(Cl)nc(NC4CC(C)(C)N(OC)C(C)(C)C4)n3)C3CC(C)(C)NC(C)(C)C3)C3CC(C)(C)NC(C)(C)C3)n2)CC1(C)C. The first kappa shape index (κ1) is 54.9. The van der Waals surface area contributed by atoms with Crippen molar-refractivity contribution in [2.45, 2.75) is 256 Å². The molecule has 6 rings (SSSR count). The first-order chi connectivity index (χ1) is 31.2. The van der Waals surface area contributed by atoms with Crippen LogP contribution in [0.4, 0.5) is 23.8 Å². The fraction of sp³-hybridized carbons (Fsp3) is 0.880. The third-order valence-electron chi connectivity index (χ3n) is 14.7. The molecule has 4 saturated heterocycles. The molecule has 4 N–H and O–H groups in total. The molecule has 386 valence electrons. The molecule has 0 radical (unpaired) electrons. The van der Waals surface area contributed by atoms with Gasteiger partial charge in [0.25, 0.3) is 0 Å². The van der Waals surface area contributed by atoms with Crippen molar-refractivity contribution in [3.63, 3.8) is 0 Å². The molecule has 18 heteroatoms. The van der Waals surface area contributed by atoms with E-state index in [1.807, 2.05) is 0 Å². The molecule has 0 saturated carbocycles. The molecule has 0 bridgehead atoms. The highest BCUT2D eigenvalue weighted by atomic mass is 35.5. The molecule has 2 aromatic heterocycles. The lowest BCUT2D eigenvalue weighted by molar-refractivity contribution is -0.265. The Morgan fingerprint density at radius 1 is 0.471 bits per heavy atom. The number of hydrogen-bond donors (Lipinski definition) is 4. The number of hydrogen-bond acceptors (Lipinski definition) is 16. The highest BCUT2D eigenvalue weighted by Crippen LogP contribution is 2.42. The molecular weight excluding hydrogens is 900 g/mol. The van der Waals surface area contributed by atoms with E-state index in [9.17, 15) is 0 Å². The number of nitrogens with one attached hydrogen (secondary N) is 4. The number of halogens is 2.